The fraction of sp³-hybridized carbons (Fsp3) is 0.0455. The number of carboxylic acids is 2. The van der Waals surface area contributed by atoms with Crippen molar-refractivity contribution in [2.24, 2.45) is 0 Å². The second-order valence-corrected chi connectivity index (χ2v) is 6.02. The molecule has 0 heterocycles. The molecule has 0 bridgehead atoms. The highest BCUT2D eigenvalue weighted by atomic mass is 16.5. The molecule has 0 atom stereocenters. The molecule has 0 aliphatic heterocycles. The molecular formula is C22H16O8. The molecule has 3 rings (SSSR count). The van der Waals surface area contributed by atoms with Crippen molar-refractivity contribution in [2.45, 2.75) is 0 Å². The van der Waals surface area contributed by atoms with Crippen molar-refractivity contribution in [3.63, 3.8) is 0 Å². The SMILES string of the molecule is COc1cc(C(=O)Oc2ccc(C(=O)O)cc2)ccc1Oc1ccc(C(=O)O)cc1. The lowest BCUT2D eigenvalue weighted by Gasteiger charge is -2.12. The minimum atomic E-state index is -1.08. The fourth-order valence-electron chi connectivity index (χ4n) is 2.50. The molecule has 3 aromatic carbocycles. The van der Waals surface area contributed by atoms with Crippen LogP contribution >= 0.6 is 0 Å². The normalized spacial score (nSPS) is 10.2. The number of benzene rings is 3. The Bertz CT molecular complexity index is 1090. The monoisotopic (exact) mass is 408 g/mol. The maximum absolute atomic E-state index is 12.4. The van der Waals surface area contributed by atoms with E-state index in [-0.39, 0.29) is 28.2 Å². The van der Waals surface area contributed by atoms with Crippen molar-refractivity contribution in [1.29, 1.82) is 0 Å². The van der Waals surface area contributed by atoms with E-state index in [0.29, 0.717) is 11.5 Å². The lowest BCUT2D eigenvalue weighted by Crippen LogP contribution is -2.09. The van der Waals surface area contributed by atoms with Crippen molar-refractivity contribution in [3.8, 4) is 23.0 Å². The van der Waals surface area contributed by atoms with Gasteiger partial charge in [-0.15, -0.1) is 0 Å². The molecule has 0 saturated heterocycles. The predicted molar refractivity (Wildman–Crippen MR) is 105 cm³/mol. The van der Waals surface area contributed by atoms with Gasteiger partial charge in [0.15, 0.2) is 11.5 Å². The highest BCUT2D eigenvalue weighted by molar-refractivity contribution is 5.92. The molecule has 0 amide bonds. The number of carbonyl (C=O) groups is 3. The molecule has 8 nitrogen and oxygen atoms in total. The number of hydrogen-bond donors (Lipinski definition) is 2. The van der Waals surface area contributed by atoms with Crippen LogP contribution < -0.4 is 14.2 Å². The maximum atomic E-state index is 12.4. The summed E-state index contributed by atoms with van der Waals surface area (Å²) in [5, 5.41) is 17.8. The first kappa shape index (κ1) is 20.4. The molecule has 0 aromatic heterocycles. The molecule has 3 aromatic rings. The standard InChI is InChI=1S/C22H16O8/c1-28-19-12-15(22(27)30-17-9-4-14(5-10-17)21(25)26)6-11-18(19)29-16-7-2-13(3-8-16)20(23)24/h2-12H,1H3,(H,23,24)(H,25,26). The van der Waals surface area contributed by atoms with Gasteiger partial charge in [-0.05, 0) is 66.7 Å². The van der Waals surface area contributed by atoms with Crippen molar-refractivity contribution < 1.29 is 38.8 Å². The average Bonchev–Trinajstić information content (AvgIpc) is 2.74. The van der Waals surface area contributed by atoms with Crippen molar-refractivity contribution in [3.05, 3.63) is 83.4 Å². The van der Waals surface area contributed by atoms with Gasteiger partial charge in [0, 0.05) is 0 Å². The van der Waals surface area contributed by atoms with Crippen molar-refractivity contribution in [2.75, 3.05) is 7.11 Å². The van der Waals surface area contributed by atoms with Gasteiger partial charge < -0.3 is 24.4 Å². The maximum Gasteiger partial charge on any atom is 0.343 e. The van der Waals surface area contributed by atoms with Crippen LogP contribution in [0.15, 0.2) is 66.7 Å². The molecule has 0 fully saturated rings. The van der Waals surface area contributed by atoms with Gasteiger partial charge in [-0.3, -0.25) is 0 Å². The Morgan fingerprint density at radius 3 is 1.67 bits per heavy atom. The quantitative estimate of drug-likeness (QED) is 0.443. The number of rotatable bonds is 7. The zero-order valence-corrected chi connectivity index (χ0v) is 15.7. The van der Waals surface area contributed by atoms with Gasteiger partial charge in [-0.1, -0.05) is 0 Å². The summed E-state index contributed by atoms with van der Waals surface area (Å²) in [5.74, 6) is -1.59. The van der Waals surface area contributed by atoms with Crippen LogP contribution in [0, 0.1) is 0 Å². The van der Waals surface area contributed by atoms with Gasteiger partial charge in [0.25, 0.3) is 0 Å². The summed E-state index contributed by atoms with van der Waals surface area (Å²) in [6.07, 6.45) is 0. The summed E-state index contributed by atoms with van der Waals surface area (Å²) in [7, 11) is 1.41. The summed E-state index contributed by atoms with van der Waals surface area (Å²) in [5.41, 5.74) is 0.404. The minimum Gasteiger partial charge on any atom is -0.493 e. The van der Waals surface area contributed by atoms with Gasteiger partial charge in [-0.25, -0.2) is 14.4 Å². The molecule has 2 N–H and O–H groups in total. The molecular weight excluding hydrogens is 392 g/mol. The first-order valence-electron chi connectivity index (χ1n) is 8.62. The highest BCUT2D eigenvalue weighted by Gasteiger charge is 2.14. The largest absolute Gasteiger partial charge is 0.493 e. The Kier molecular flexibility index (Phi) is 5.97. The summed E-state index contributed by atoms with van der Waals surface area (Å²) in [4.78, 5) is 34.2. The van der Waals surface area contributed by atoms with E-state index in [1.807, 2.05) is 0 Å². The van der Waals surface area contributed by atoms with Crippen LogP contribution in [-0.4, -0.2) is 35.2 Å². The van der Waals surface area contributed by atoms with Crippen molar-refractivity contribution >= 4 is 17.9 Å². The number of carbonyl (C=O) groups excluding carboxylic acids is 1. The molecule has 152 valence electrons. The average molecular weight is 408 g/mol. The topological polar surface area (TPSA) is 119 Å². The number of aromatic carboxylic acids is 2. The van der Waals surface area contributed by atoms with E-state index < -0.39 is 17.9 Å². The molecule has 8 heteroatoms. The number of carboxylic acid groups (broad SMARTS) is 2. The van der Waals surface area contributed by atoms with Gasteiger partial charge >= 0.3 is 17.9 Å². The number of esters is 1. The van der Waals surface area contributed by atoms with Gasteiger partial charge in [0.2, 0.25) is 0 Å². The van der Waals surface area contributed by atoms with E-state index in [0.717, 1.165) is 0 Å². The molecule has 0 aliphatic rings. The summed E-state index contributed by atoms with van der Waals surface area (Å²) >= 11 is 0. The third kappa shape index (κ3) is 4.74. The summed E-state index contributed by atoms with van der Waals surface area (Å²) in [6.45, 7) is 0. The Hall–Kier alpha value is -4.33. The summed E-state index contributed by atoms with van der Waals surface area (Å²) < 4.78 is 16.2. The molecule has 0 spiro atoms. The third-order valence-electron chi connectivity index (χ3n) is 4.04. The number of methoxy groups -OCH3 is 1. The second-order valence-electron chi connectivity index (χ2n) is 6.02. The minimum absolute atomic E-state index is 0.0781. The van der Waals surface area contributed by atoms with Crippen LogP contribution in [0.3, 0.4) is 0 Å². The zero-order valence-electron chi connectivity index (χ0n) is 15.7. The van der Waals surface area contributed by atoms with Crippen molar-refractivity contribution in [1.82, 2.24) is 0 Å². The van der Waals surface area contributed by atoms with Crippen LogP contribution in [0.1, 0.15) is 31.1 Å². The summed E-state index contributed by atoms with van der Waals surface area (Å²) in [6, 6.07) is 15.7. The van der Waals surface area contributed by atoms with Crippen LogP contribution in [-0.2, 0) is 0 Å². The van der Waals surface area contributed by atoms with Crippen LogP contribution in [0.5, 0.6) is 23.0 Å². The van der Waals surface area contributed by atoms with E-state index in [1.54, 1.807) is 0 Å². The van der Waals surface area contributed by atoms with Crippen LogP contribution in [0.4, 0.5) is 0 Å². The second kappa shape index (κ2) is 8.78. The first-order chi connectivity index (χ1) is 14.4. The lowest BCUT2D eigenvalue weighted by molar-refractivity contribution is 0.0685. The van der Waals surface area contributed by atoms with E-state index >= 15 is 0 Å². The molecule has 30 heavy (non-hydrogen) atoms. The van der Waals surface area contributed by atoms with Crippen LogP contribution in [0.2, 0.25) is 0 Å². The van der Waals surface area contributed by atoms with E-state index in [1.165, 1.54) is 73.8 Å². The zero-order chi connectivity index (χ0) is 21.7. The highest BCUT2D eigenvalue weighted by Crippen LogP contribution is 2.32. The fourth-order valence-corrected chi connectivity index (χ4v) is 2.50. The molecule has 0 saturated carbocycles. The van der Waals surface area contributed by atoms with Crippen LogP contribution in [0.25, 0.3) is 0 Å². The number of hydrogen-bond acceptors (Lipinski definition) is 6. The lowest BCUT2D eigenvalue weighted by atomic mass is 10.2. The Morgan fingerprint density at radius 2 is 1.17 bits per heavy atom. The molecule has 0 aliphatic carbocycles. The smallest absolute Gasteiger partial charge is 0.343 e. The Labute approximate surface area is 170 Å². The van der Waals surface area contributed by atoms with E-state index in [4.69, 9.17) is 24.4 Å². The predicted octanol–water partition coefficient (Wildman–Crippen LogP) is 4.10. The first-order valence-corrected chi connectivity index (χ1v) is 8.62. The van der Waals surface area contributed by atoms with Gasteiger partial charge in [-0.2, -0.15) is 0 Å². The Morgan fingerprint density at radius 1 is 0.667 bits per heavy atom. The Balaban J connectivity index is 1.74. The third-order valence-corrected chi connectivity index (χ3v) is 4.04. The van der Waals surface area contributed by atoms with Gasteiger partial charge in [0.05, 0.1) is 23.8 Å². The molecule has 0 unspecified atom stereocenters. The van der Waals surface area contributed by atoms with E-state index in [2.05, 4.69) is 0 Å². The number of ether oxygens (including phenoxy) is 3. The molecule has 0 radical (unpaired) electrons. The van der Waals surface area contributed by atoms with E-state index in [9.17, 15) is 14.4 Å². The van der Waals surface area contributed by atoms with Gasteiger partial charge in [0.1, 0.15) is 11.5 Å².